The van der Waals surface area contributed by atoms with Crippen molar-refractivity contribution in [3.63, 3.8) is 0 Å². The maximum atomic E-state index is 5.17. The first-order chi connectivity index (χ1) is 9.25. The van der Waals surface area contributed by atoms with Crippen molar-refractivity contribution in [3.05, 3.63) is 40.9 Å². The third-order valence-corrected chi connectivity index (χ3v) is 3.99. The summed E-state index contributed by atoms with van der Waals surface area (Å²) in [5.41, 5.74) is 4.14. The minimum Gasteiger partial charge on any atom is -0.463 e. The van der Waals surface area contributed by atoms with Crippen molar-refractivity contribution >= 4 is 33.6 Å². The van der Waals surface area contributed by atoms with Gasteiger partial charge in [0, 0.05) is 4.88 Å². The molecule has 0 aliphatic rings. The zero-order valence-electron chi connectivity index (χ0n) is 10.5. The van der Waals surface area contributed by atoms with Crippen molar-refractivity contribution in [2.24, 2.45) is 5.10 Å². The van der Waals surface area contributed by atoms with E-state index in [1.54, 1.807) is 30.1 Å². The SMILES string of the molecule is Cc1sc2ncnc(NN=Cc3ccco3)c2c1C. The maximum absolute atomic E-state index is 5.17. The van der Waals surface area contributed by atoms with Gasteiger partial charge in [-0.3, -0.25) is 5.43 Å². The molecule has 0 fully saturated rings. The van der Waals surface area contributed by atoms with Gasteiger partial charge in [0.05, 0.1) is 17.9 Å². The van der Waals surface area contributed by atoms with Crippen molar-refractivity contribution in [2.45, 2.75) is 13.8 Å². The molecule has 0 aliphatic heterocycles. The van der Waals surface area contributed by atoms with E-state index in [0.717, 1.165) is 16.0 Å². The van der Waals surface area contributed by atoms with Crippen LogP contribution in [-0.4, -0.2) is 16.2 Å². The van der Waals surface area contributed by atoms with E-state index in [4.69, 9.17) is 4.42 Å². The summed E-state index contributed by atoms with van der Waals surface area (Å²) >= 11 is 1.66. The second kappa shape index (κ2) is 4.81. The molecular formula is C13H12N4OS. The molecule has 3 aromatic rings. The van der Waals surface area contributed by atoms with Gasteiger partial charge in [0.25, 0.3) is 0 Å². The summed E-state index contributed by atoms with van der Waals surface area (Å²) in [6.45, 7) is 4.15. The van der Waals surface area contributed by atoms with Crippen molar-refractivity contribution in [2.75, 3.05) is 5.43 Å². The molecule has 1 N–H and O–H groups in total. The molecule has 0 saturated carbocycles. The van der Waals surface area contributed by atoms with Gasteiger partial charge in [-0.15, -0.1) is 11.3 Å². The first-order valence-corrected chi connectivity index (χ1v) is 6.60. The van der Waals surface area contributed by atoms with Gasteiger partial charge in [0.15, 0.2) is 5.82 Å². The Balaban J connectivity index is 1.93. The number of hydrogen-bond acceptors (Lipinski definition) is 6. The van der Waals surface area contributed by atoms with Gasteiger partial charge in [-0.1, -0.05) is 0 Å². The monoisotopic (exact) mass is 272 g/mol. The van der Waals surface area contributed by atoms with E-state index >= 15 is 0 Å². The Hall–Kier alpha value is -2.21. The lowest BCUT2D eigenvalue weighted by Crippen LogP contribution is -1.95. The Morgan fingerprint density at radius 3 is 3.05 bits per heavy atom. The standard InChI is InChI=1S/C13H12N4OS/c1-8-9(2)19-13-11(8)12(14-7-15-13)17-16-6-10-4-3-5-18-10/h3-7H,1-2H3,(H,14,15,17). The number of nitrogens with zero attached hydrogens (tertiary/aromatic N) is 3. The fourth-order valence-electron chi connectivity index (χ4n) is 1.79. The highest BCUT2D eigenvalue weighted by molar-refractivity contribution is 7.18. The summed E-state index contributed by atoms with van der Waals surface area (Å²) in [6, 6.07) is 3.65. The Morgan fingerprint density at radius 1 is 1.37 bits per heavy atom. The summed E-state index contributed by atoms with van der Waals surface area (Å²) in [5, 5.41) is 5.16. The van der Waals surface area contributed by atoms with E-state index < -0.39 is 0 Å². The third-order valence-electron chi connectivity index (χ3n) is 2.87. The molecule has 3 aromatic heterocycles. The fraction of sp³-hybridized carbons (Fsp3) is 0.154. The Bertz CT molecular complexity index is 731. The van der Waals surface area contributed by atoms with Gasteiger partial charge < -0.3 is 4.42 Å². The quantitative estimate of drug-likeness (QED) is 0.586. The lowest BCUT2D eigenvalue weighted by atomic mass is 10.2. The number of hydrogen-bond donors (Lipinski definition) is 1. The molecular weight excluding hydrogens is 260 g/mol. The summed E-state index contributed by atoms with van der Waals surface area (Å²) in [7, 11) is 0. The molecule has 0 saturated heterocycles. The maximum Gasteiger partial charge on any atom is 0.158 e. The second-order valence-corrected chi connectivity index (χ2v) is 5.27. The van der Waals surface area contributed by atoms with Crippen molar-refractivity contribution in [1.82, 2.24) is 9.97 Å². The molecule has 6 heteroatoms. The van der Waals surface area contributed by atoms with Crippen LogP contribution in [0.5, 0.6) is 0 Å². The molecule has 0 unspecified atom stereocenters. The predicted octanol–water partition coefficient (Wildman–Crippen LogP) is 3.35. The molecule has 0 atom stereocenters. The molecule has 0 amide bonds. The van der Waals surface area contributed by atoms with Crippen LogP contribution in [0.25, 0.3) is 10.2 Å². The lowest BCUT2D eigenvalue weighted by molar-refractivity contribution is 0.560. The zero-order valence-corrected chi connectivity index (χ0v) is 11.4. The van der Waals surface area contributed by atoms with Gasteiger partial charge in [-0.2, -0.15) is 5.10 Å². The molecule has 3 heterocycles. The fourth-order valence-corrected chi connectivity index (χ4v) is 2.79. The minimum atomic E-state index is 0.691. The highest BCUT2D eigenvalue weighted by atomic mass is 32.1. The van der Waals surface area contributed by atoms with E-state index in [1.807, 2.05) is 12.1 Å². The van der Waals surface area contributed by atoms with Crippen LogP contribution in [0.15, 0.2) is 34.2 Å². The molecule has 96 valence electrons. The van der Waals surface area contributed by atoms with Crippen LogP contribution in [0.3, 0.4) is 0 Å². The number of aromatic nitrogens is 2. The van der Waals surface area contributed by atoms with Gasteiger partial charge in [0.2, 0.25) is 0 Å². The van der Waals surface area contributed by atoms with Crippen molar-refractivity contribution < 1.29 is 4.42 Å². The lowest BCUT2D eigenvalue weighted by Gasteiger charge is -2.01. The smallest absolute Gasteiger partial charge is 0.158 e. The Morgan fingerprint density at radius 2 is 2.26 bits per heavy atom. The molecule has 19 heavy (non-hydrogen) atoms. The number of thiophene rings is 1. The van der Waals surface area contributed by atoms with Crippen LogP contribution < -0.4 is 5.43 Å². The first-order valence-electron chi connectivity index (χ1n) is 5.79. The molecule has 3 rings (SSSR count). The number of nitrogens with one attached hydrogen (secondary N) is 1. The minimum absolute atomic E-state index is 0.691. The van der Waals surface area contributed by atoms with Gasteiger partial charge in [0.1, 0.15) is 16.9 Å². The highest BCUT2D eigenvalue weighted by Crippen LogP contribution is 2.32. The van der Waals surface area contributed by atoms with E-state index in [0.29, 0.717) is 5.76 Å². The van der Waals surface area contributed by atoms with Crippen LogP contribution in [0.4, 0.5) is 5.82 Å². The van der Waals surface area contributed by atoms with E-state index in [-0.39, 0.29) is 0 Å². The zero-order chi connectivity index (χ0) is 13.2. The number of rotatable bonds is 3. The van der Waals surface area contributed by atoms with Crippen molar-refractivity contribution in [1.29, 1.82) is 0 Å². The summed E-state index contributed by atoms with van der Waals surface area (Å²) in [4.78, 5) is 10.7. The molecule has 0 spiro atoms. The number of aryl methyl sites for hydroxylation is 2. The Kier molecular flexibility index (Phi) is 3.00. The molecule has 0 aliphatic carbocycles. The number of furan rings is 1. The number of anilines is 1. The average Bonchev–Trinajstić information content (AvgIpc) is 3.00. The average molecular weight is 272 g/mol. The molecule has 0 bridgehead atoms. The van der Waals surface area contributed by atoms with E-state index in [2.05, 4.69) is 34.3 Å². The van der Waals surface area contributed by atoms with Crippen molar-refractivity contribution in [3.8, 4) is 0 Å². The summed E-state index contributed by atoms with van der Waals surface area (Å²) < 4.78 is 5.17. The normalized spacial score (nSPS) is 11.5. The highest BCUT2D eigenvalue weighted by Gasteiger charge is 2.11. The number of hydrazone groups is 1. The summed E-state index contributed by atoms with van der Waals surface area (Å²) in [5.74, 6) is 1.41. The first kappa shape index (κ1) is 11.9. The van der Waals surface area contributed by atoms with E-state index in [1.165, 1.54) is 10.4 Å². The molecule has 0 aromatic carbocycles. The summed E-state index contributed by atoms with van der Waals surface area (Å²) in [6.07, 6.45) is 4.77. The van der Waals surface area contributed by atoms with Crippen LogP contribution in [0, 0.1) is 13.8 Å². The van der Waals surface area contributed by atoms with E-state index in [9.17, 15) is 0 Å². The van der Waals surface area contributed by atoms with Crippen LogP contribution in [0.1, 0.15) is 16.2 Å². The predicted molar refractivity (Wildman–Crippen MR) is 76.8 cm³/mol. The molecule has 5 nitrogen and oxygen atoms in total. The third kappa shape index (κ3) is 2.22. The number of fused-ring (bicyclic) bond motifs is 1. The largest absolute Gasteiger partial charge is 0.463 e. The van der Waals surface area contributed by atoms with Crippen LogP contribution >= 0.6 is 11.3 Å². The van der Waals surface area contributed by atoms with Gasteiger partial charge in [-0.25, -0.2) is 9.97 Å². The van der Waals surface area contributed by atoms with Gasteiger partial charge in [-0.05, 0) is 31.5 Å². The second-order valence-electron chi connectivity index (χ2n) is 4.07. The van der Waals surface area contributed by atoms with Crippen LogP contribution in [0.2, 0.25) is 0 Å². The topological polar surface area (TPSA) is 63.3 Å². The van der Waals surface area contributed by atoms with Crippen LogP contribution in [-0.2, 0) is 0 Å². The Labute approximate surface area is 114 Å². The van der Waals surface area contributed by atoms with Gasteiger partial charge >= 0.3 is 0 Å². The molecule has 0 radical (unpaired) electrons.